The van der Waals surface area contributed by atoms with Gasteiger partial charge in [0, 0.05) is 11.8 Å². The predicted molar refractivity (Wildman–Crippen MR) is 77.5 cm³/mol. The Kier molecular flexibility index (Phi) is 5.15. The number of thioether (sulfide) groups is 1. The van der Waals surface area contributed by atoms with E-state index in [9.17, 15) is 9.90 Å². The molecule has 0 unspecified atom stereocenters. The maximum Gasteiger partial charge on any atom is 0.306 e. The Labute approximate surface area is 119 Å². The van der Waals surface area contributed by atoms with Crippen LogP contribution in [0.15, 0.2) is 0 Å². The minimum Gasteiger partial charge on any atom is -0.481 e. The van der Waals surface area contributed by atoms with Crippen LogP contribution in [0.4, 0.5) is 0 Å². The molecule has 0 spiro atoms. The van der Waals surface area contributed by atoms with Gasteiger partial charge in [0.05, 0.1) is 11.5 Å². The molecule has 1 saturated heterocycles. The van der Waals surface area contributed by atoms with Crippen molar-refractivity contribution in [2.75, 3.05) is 25.9 Å². The average molecular weight is 287 g/mol. The summed E-state index contributed by atoms with van der Waals surface area (Å²) >= 11 is 1.94. The summed E-state index contributed by atoms with van der Waals surface area (Å²) in [7, 11) is 0. The first-order chi connectivity index (χ1) is 9.02. The van der Waals surface area contributed by atoms with Gasteiger partial charge in [0.1, 0.15) is 0 Å². The number of carboxylic acid groups (broad SMARTS) is 1. The number of piperidine rings is 1. The van der Waals surface area contributed by atoms with E-state index >= 15 is 0 Å². The summed E-state index contributed by atoms with van der Waals surface area (Å²) in [4.78, 5) is 13.3. The fourth-order valence-electron chi connectivity index (χ4n) is 3.28. The van der Waals surface area contributed by atoms with Crippen LogP contribution >= 0.6 is 11.8 Å². The monoisotopic (exact) mass is 287 g/mol. The van der Waals surface area contributed by atoms with Gasteiger partial charge in [0.2, 0.25) is 0 Å². The molecule has 1 aliphatic heterocycles. The highest BCUT2D eigenvalue weighted by Crippen LogP contribution is 2.33. The van der Waals surface area contributed by atoms with E-state index in [1.807, 2.05) is 11.8 Å². The summed E-state index contributed by atoms with van der Waals surface area (Å²) in [5, 5.41) is 20.4. The molecule has 110 valence electrons. The highest BCUT2D eigenvalue weighted by atomic mass is 32.2. The Hall–Kier alpha value is -0.260. The molecular formula is C14H25NO3S. The SMILES string of the molecule is CSC1CCN(CC2(O)CCC(C(=O)O)CC2)CC1. The molecule has 1 aliphatic carbocycles. The van der Waals surface area contributed by atoms with E-state index in [2.05, 4.69) is 11.2 Å². The molecular weight excluding hydrogens is 262 g/mol. The maximum absolute atomic E-state index is 10.9. The molecule has 1 saturated carbocycles. The Morgan fingerprint density at radius 2 is 1.84 bits per heavy atom. The van der Waals surface area contributed by atoms with Gasteiger partial charge in [-0.15, -0.1) is 0 Å². The van der Waals surface area contributed by atoms with Crippen LogP contribution in [0.5, 0.6) is 0 Å². The fourth-order valence-corrected chi connectivity index (χ4v) is 3.96. The van der Waals surface area contributed by atoms with Gasteiger partial charge in [-0.1, -0.05) is 0 Å². The molecule has 2 aliphatic rings. The largest absolute Gasteiger partial charge is 0.481 e. The second-order valence-electron chi connectivity index (χ2n) is 6.05. The standard InChI is InChI=1S/C14H25NO3S/c1-19-12-4-8-15(9-5-12)10-14(18)6-2-11(3-7-14)13(16)17/h11-12,18H,2-10H2,1H3,(H,16,17). The number of β-amino-alcohol motifs (C(OH)–C–C–N with tert-alkyl or cyclic N) is 1. The zero-order chi connectivity index (χ0) is 13.9. The summed E-state index contributed by atoms with van der Waals surface area (Å²) < 4.78 is 0. The summed E-state index contributed by atoms with van der Waals surface area (Å²) in [5.41, 5.74) is -0.655. The van der Waals surface area contributed by atoms with E-state index in [1.165, 1.54) is 12.8 Å². The Morgan fingerprint density at radius 3 is 2.32 bits per heavy atom. The molecule has 5 heteroatoms. The number of nitrogens with zero attached hydrogens (tertiary/aromatic N) is 1. The molecule has 19 heavy (non-hydrogen) atoms. The van der Waals surface area contributed by atoms with E-state index in [0.717, 1.165) is 24.9 Å². The quantitative estimate of drug-likeness (QED) is 0.826. The van der Waals surface area contributed by atoms with E-state index < -0.39 is 11.6 Å². The van der Waals surface area contributed by atoms with E-state index in [1.54, 1.807) is 0 Å². The van der Waals surface area contributed by atoms with Crippen molar-refractivity contribution < 1.29 is 15.0 Å². The van der Waals surface area contributed by atoms with Crippen LogP contribution < -0.4 is 0 Å². The van der Waals surface area contributed by atoms with Crippen molar-refractivity contribution >= 4 is 17.7 Å². The van der Waals surface area contributed by atoms with Crippen molar-refractivity contribution in [2.24, 2.45) is 5.92 Å². The van der Waals surface area contributed by atoms with Gasteiger partial charge in [-0.05, 0) is 57.9 Å². The normalized spacial score (nSPS) is 34.3. The third kappa shape index (κ3) is 4.10. The fraction of sp³-hybridized carbons (Fsp3) is 0.929. The van der Waals surface area contributed by atoms with E-state index in [-0.39, 0.29) is 5.92 Å². The lowest BCUT2D eigenvalue weighted by Crippen LogP contribution is -2.48. The van der Waals surface area contributed by atoms with Crippen LogP contribution in [0.1, 0.15) is 38.5 Å². The van der Waals surface area contributed by atoms with Gasteiger partial charge in [0.15, 0.2) is 0 Å². The zero-order valence-corrected chi connectivity index (χ0v) is 12.5. The lowest BCUT2D eigenvalue weighted by Gasteiger charge is -2.40. The number of aliphatic hydroxyl groups is 1. The first-order valence-electron chi connectivity index (χ1n) is 7.23. The van der Waals surface area contributed by atoms with E-state index in [4.69, 9.17) is 5.11 Å². The average Bonchev–Trinajstić information content (AvgIpc) is 2.40. The second-order valence-corrected chi connectivity index (χ2v) is 7.19. The Morgan fingerprint density at radius 1 is 1.26 bits per heavy atom. The molecule has 2 N–H and O–H groups in total. The van der Waals surface area contributed by atoms with Crippen molar-refractivity contribution in [3.63, 3.8) is 0 Å². The van der Waals surface area contributed by atoms with Crippen molar-refractivity contribution in [3.05, 3.63) is 0 Å². The molecule has 0 amide bonds. The van der Waals surface area contributed by atoms with Gasteiger partial charge < -0.3 is 15.1 Å². The van der Waals surface area contributed by atoms with Crippen molar-refractivity contribution in [1.29, 1.82) is 0 Å². The molecule has 0 radical (unpaired) electrons. The number of likely N-dealkylation sites (tertiary alicyclic amines) is 1. The number of rotatable bonds is 4. The van der Waals surface area contributed by atoms with Crippen molar-refractivity contribution in [3.8, 4) is 0 Å². The lowest BCUT2D eigenvalue weighted by molar-refractivity contribution is -0.145. The highest BCUT2D eigenvalue weighted by molar-refractivity contribution is 7.99. The minimum atomic E-state index is -0.706. The van der Waals surface area contributed by atoms with Crippen LogP contribution in [-0.4, -0.2) is 57.8 Å². The predicted octanol–water partition coefficient (Wildman–Crippen LogP) is 1.82. The van der Waals surface area contributed by atoms with Crippen LogP contribution in [0.2, 0.25) is 0 Å². The number of carbonyl (C=O) groups is 1. The summed E-state index contributed by atoms with van der Waals surface area (Å²) in [6.45, 7) is 2.85. The highest BCUT2D eigenvalue weighted by Gasteiger charge is 2.37. The van der Waals surface area contributed by atoms with Crippen LogP contribution in [-0.2, 0) is 4.79 Å². The molecule has 0 aromatic rings. The molecule has 1 heterocycles. The molecule has 0 bridgehead atoms. The third-order valence-corrected chi connectivity index (χ3v) is 5.79. The first-order valence-corrected chi connectivity index (χ1v) is 8.51. The third-order valence-electron chi connectivity index (χ3n) is 4.65. The van der Waals surface area contributed by atoms with Crippen LogP contribution in [0.3, 0.4) is 0 Å². The van der Waals surface area contributed by atoms with Gasteiger partial charge in [-0.2, -0.15) is 11.8 Å². The molecule has 0 aromatic carbocycles. The van der Waals surface area contributed by atoms with Crippen LogP contribution in [0.25, 0.3) is 0 Å². The second kappa shape index (κ2) is 6.46. The van der Waals surface area contributed by atoms with Crippen molar-refractivity contribution in [1.82, 2.24) is 4.90 Å². The Balaban J connectivity index is 1.78. The van der Waals surface area contributed by atoms with E-state index in [0.29, 0.717) is 25.7 Å². The molecule has 2 rings (SSSR count). The molecule has 4 nitrogen and oxygen atoms in total. The first kappa shape index (κ1) is 15.1. The van der Waals surface area contributed by atoms with Gasteiger partial charge >= 0.3 is 5.97 Å². The Bertz CT molecular complexity index is 308. The zero-order valence-electron chi connectivity index (χ0n) is 11.7. The molecule has 2 fully saturated rings. The number of hydrogen-bond donors (Lipinski definition) is 2. The minimum absolute atomic E-state index is 0.248. The topological polar surface area (TPSA) is 60.8 Å². The smallest absolute Gasteiger partial charge is 0.306 e. The van der Waals surface area contributed by atoms with Gasteiger partial charge in [-0.3, -0.25) is 4.79 Å². The number of carboxylic acids is 1. The van der Waals surface area contributed by atoms with Gasteiger partial charge in [0.25, 0.3) is 0 Å². The van der Waals surface area contributed by atoms with Gasteiger partial charge in [-0.25, -0.2) is 0 Å². The summed E-state index contributed by atoms with van der Waals surface area (Å²) in [6, 6.07) is 0. The number of aliphatic carboxylic acids is 1. The molecule has 0 aromatic heterocycles. The maximum atomic E-state index is 10.9. The molecule has 0 atom stereocenters. The summed E-state index contributed by atoms with van der Waals surface area (Å²) in [6.07, 6.45) is 7.07. The lowest BCUT2D eigenvalue weighted by atomic mass is 9.78. The van der Waals surface area contributed by atoms with Crippen LogP contribution in [0, 0.1) is 5.92 Å². The van der Waals surface area contributed by atoms with Crippen molar-refractivity contribution in [2.45, 2.75) is 49.4 Å². The number of hydrogen-bond acceptors (Lipinski definition) is 4. The summed E-state index contributed by atoms with van der Waals surface area (Å²) in [5.74, 6) is -0.953.